The molecule has 0 aromatic heterocycles. The minimum Gasteiger partial charge on any atom is -0.481 e. The van der Waals surface area contributed by atoms with Gasteiger partial charge in [0.05, 0.1) is 5.92 Å². The monoisotopic (exact) mass is 867 g/mol. The van der Waals surface area contributed by atoms with Crippen molar-refractivity contribution in [3.63, 3.8) is 0 Å². The van der Waals surface area contributed by atoms with Crippen LogP contribution in [0.15, 0.2) is 0 Å². The number of carboxylic acid groups (broad SMARTS) is 5. The van der Waals surface area contributed by atoms with Crippen LogP contribution in [0.4, 0.5) is 0 Å². The fourth-order valence-corrected chi connectivity index (χ4v) is 4.98. The summed E-state index contributed by atoms with van der Waals surface area (Å²) in [5.41, 5.74) is 0. The van der Waals surface area contributed by atoms with Crippen molar-refractivity contribution in [1.29, 1.82) is 0 Å². The SMILES string of the molecule is CC(C)CCCCCC(=O)O.CC(C)CCCCCC(=O)O.CC(C)CCCCCC(=O)O.CC(C)CCCCCC(=O)O.CCCCC(CC)C(=O)O.[Zr]. The molecule has 0 aliphatic rings. The van der Waals surface area contributed by atoms with E-state index in [9.17, 15) is 24.0 Å². The minimum absolute atomic E-state index is 0. The van der Waals surface area contributed by atoms with E-state index in [-0.39, 0.29) is 32.1 Å². The van der Waals surface area contributed by atoms with Gasteiger partial charge < -0.3 is 25.5 Å². The summed E-state index contributed by atoms with van der Waals surface area (Å²) in [6, 6.07) is 0. The Morgan fingerprint density at radius 1 is 0.364 bits per heavy atom. The van der Waals surface area contributed by atoms with E-state index in [1.807, 2.05) is 6.92 Å². The molecule has 328 valence electrons. The molecule has 0 saturated carbocycles. The fourth-order valence-electron chi connectivity index (χ4n) is 4.98. The molecule has 11 heteroatoms. The Hall–Kier alpha value is -1.77. The van der Waals surface area contributed by atoms with Crippen molar-refractivity contribution in [1.82, 2.24) is 0 Å². The van der Waals surface area contributed by atoms with Gasteiger partial charge in [-0.15, -0.1) is 0 Å². The molecule has 0 saturated heterocycles. The molecular formula is C44H88O10Zr. The summed E-state index contributed by atoms with van der Waals surface area (Å²) in [6.45, 7) is 21.5. The van der Waals surface area contributed by atoms with Gasteiger partial charge in [0.2, 0.25) is 0 Å². The van der Waals surface area contributed by atoms with E-state index in [0.717, 1.165) is 101 Å². The second kappa shape index (κ2) is 50.3. The normalized spacial score (nSPS) is 10.7. The quantitative estimate of drug-likeness (QED) is 0.0453. The van der Waals surface area contributed by atoms with Gasteiger partial charge in [0.1, 0.15) is 0 Å². The Bertz CT molecular complexity index is 748. The molecular weight excluding hydrogens is 780 g/mol. The number of hydrogen-bond acceptors (Lipinski definition) is 5. The number of hydrogen-bond donors (Lipinski definition) is 5. The summed E-state index contributed by atoms with van der Waals surface area (Å²) < 4.78 is 0. The van der Waals surface area contributed by atoms with Gasteiger partial charge in [0, 0.05) is 51.9 Å². The third-order valence-electron chi connectivity index (χ3n) is 8.44. The van der Waals surface area contributed by atoms with Gasteiger partial charge in [-0.3, -0.25) is 24.0 Å². The van der Waals surface area contributed by atoms with Crippen LogP contribution < -0.4 is 0 Å². The predicted molar refractivity (Wildman–Crippen MR) is 223 cm³/mol. The largest absolute Gasteiger partial charge is 0.481 e. The van der Waals surface area contributed by atoms with Crippen LogP contribution in [0.1, 0.15) is 223 Å². The van der Waals surface area contributed by atoms with Crippen molar-refractivity contribution in [2.75, 3.05) is 0 Å². The molecule has 0 heterocycles. The van der Waals surface area contributed by atoms with Gasteiger partial charge >= 0.3 is 29.8 Å². The zero-order valence-electron chi connectivity index (χ0n) is 37.1. The molecule has 55 heavy (non-hydrogen) atoms. The van der Waals surface area contributed by atoms with Crippen molar-refractivity contribution < 1.29 is 75.7 Å². The average molecular weight is 868 g/mol. The predicted octanol–water partition coefficient (Wildman–Crippen LogP) is 13.0. The molecule has 0 aliphatic carbocycles. The summed E-state index contributed by atoms with van der Waals surface area (Å²) >= 11 is 0. The van der Waals surface area contributed by atoms with Gasteiger partial charge in [-0.25, -0.2) is 0 Å². The number of aliphatic carboxylic acids is 5. The summed E-state index contributed by atoms with van der Waals surface area (Å²) in [6.07, 6.45) is 22.2. The Labute approximate surface area is 356 Å². The van der Waals surface area contributed by atoms with Crippen molar-refractivity contribution in [2.45, 2.75) is 223 Å². The van der Waals surface area contributed by atoms with Crippen LogP contribution in [-0.4, -0.2) is 55.4 Å². The van der Waals surface area contributed by atoms with Crippen LogP contribution in [0.25, 0.3) is 0 Å². The van der Waals surface area contributed by atoms with Gasteiger partial charge in [-0.1, -0.05) is 159 Å². The summed E-state index contributed by atoms with van der Waals surface area (Å²) in [5.74, 6) is -0.441. The third kappa shape index (κ3) is 81.4. The summed E-state index contributed by atoms with van der Waals surface area (Å²) in [7, 11) is 0. The van der Waals surface area contributed by atoms with E-state index in [2.05, 4.69) is 62.3 Å². The van der Waals surface area contributed by atoms with E-state index >= 15 is 0 Å². The Kier molecular flexibility index (Phi) is 59.5. The van der Waals surface area contributed by atoms with Crippen molar-refractivity contribution >= 4 is 29.8 Å². The maximum Gasteiger partial charge on any atom is 0.306 e. The smallest absolute Gasteiger partial charge is 0.306 e. The van der Waals surface area contributed by atoms with Gasteiger partial charge in [0.15, 0.2) is 0 Å². The van der Waals surface area contributed by atoms with Crippen LogP contribution in [-0.2, 0) is 50.2 Å². The van der Waals surface area contributed by atoms with Gasteiger partial charge in [-0.2, -0.15) is 0 Å². The molecule has 0 aliphatic heterocycles. The van der Waals surface area contributed by atoms with E-state index in [1.165, 1.54) is 51.4 Å². The van der Waals surface area contributed by atoms with Crippen LogP contribution in [0, 0.1) is 29.6 Å². The fraction of sp³-hybridized carbons (Fsp3) is 0.886. The second-order valence-electron chi connectivity index (χ2n) is 16.1. The number of carbonyl (C=O) groups is 5. The first-order chi connectivity index (χ1) is 25.2. The number of carboxylic acids is 5. The zero-order chi connectivity index (χ0) is 42.7. The van der Waals surface area contributed by atoms with E-state index in [0.29, 0.717) is 25.7 Å². The number of unbranched alkanes of at least 4 members (excludes halogenated alkanes) is 9. The van der Waals surface area contributed by atoms with E-state index in [4.69, 9.17) is 25.5 Å². The second-order valence-corrected chi connectivity index (χ2v) is 16.1. The van der Waals surface area contributed by atoms with Gasteiger partial charge in [0.25, 0.3) is 0 Å². The molecule has 0 amide bonds. The molecule has 0 aromatic rings. The maximum atomic E-state index is 10.4. The first-order valence-electron chi connectivity index (χ1n) is 21.3. The van der Waals surface area contributed by atoms with Crippen LogP contribution in [0.5, 0.6) is 0 Å². The van der Waals surface area contributed by atoms with Crippen LogP contribution >= 0.6 is 0 Å². The molecule has 0 spiro atoms. The van der Waals surface area contributed by atoms with Crippen LogP contribution in [0.3, 0.4) is 0 Å². The van der Waals surface area contributed by atoms with Gasteiger partial charge in [-0.05, 0) is 62.2 Å². The van der Waals surface area contributed by atoms with Crippen molar-refractivity contribution in [3.8, 4) is 0 Å². The Morgan fingerprint density at radius 3 is 0.745 bits per heavy atom. The Morgan fingerprint density at radius 2 is 0.600 bits per heavy atom. The summed E-state index contributed by atoms with van der Waals surface area (Å²) in [5, 5.41) is 41.9. The summed E-state index contributed by atoms with van der Waals surface area (Å²) in [4.78, 5) is 50.8. The minimum atomic E-state index is -0.672. The standard InChI is InChI=1S/4C9H18O2.C8H16O2.Zr/c4*1-8(2)6-4-3-5-7-9(10)11;1-3-5-6-7(4-2)8(9)10;/h4*8H,3-7H2,1-2H3,(H,10,11);7H,3-6H2,1-2H3,(H,9,10);. The molecule has 5 N–H and O–H groups in total. The Balaban J connectivity index is -0.000000136. The first kappa shape index (κ1) is 65.1. The molecule has 0 aromatic carbocycles. The van der Waals surface area contributed by atoms with Crippen molar-refractivity contribution in [2.24, 2.45) is 29.6 Å². The molecule has 0 fully saturated rings. The molecule has 0 bridgehead atoms. The molecule has 1 unspecified atom stereocenters. The molecule has 0 rings (SSSR count). The van der Waals surface area contributed by atoms with E-state index in [1.54, 1.807) is 0 Å². The van der Waals surface area contributed by atoms with Crippen molar-refractivity contribution in [3.05, 3.63) is 0 Å². The average Bonchev–Trinajstić information content (AvgIpc) is 3.04. The maximum absolute atomic E-state index is 10.4. The third-order valence-corrected chi connectivity index (χ3v) is 8.44. The number of rotatable bonds is 29. The zero-order valence-corrected chi connectivity index (χ0v) is 39.6. The molecule has 1 atom stereocenters. The topological polar surface area (TPSA) is 186 Å². The van der Waals surface area contributed by atoms with E-state index < -0.39 is 29.8 Å². The van der Waals surface area contributed by atoms with Crippen LogP contribution in [0.2, 0.25) is 0 Å². The first-order valence-corrected chi connectivity index (χ1v) is 21.3. The molecule has 10 nitrogen and oxygen atoms in total. The molecule has 0 radical (unpaired) electrons.